The first kappa shape index (κ1) is 31.9. The predicted octanol–water partition coefficient (Wildman–Crippen LogP) is 5.18. The summed E-state index contributed by atoms with van der Waals surface area (Å²) in [5, 5.41) is 5.84. The third-order valence-corrected chi connectivity index (χ3v) is 6.43. The largest absolute Gasteiger partial charge is 0.354 e. The Balaban J connectivity index is 3.85. The van der Waals surface area contributed by atoms with E-state index in [1.807, 2.05) is 13.8 Å². The Labute approximate surface area is 204 Å². The summed E-state index contributed by atoms with van der Waals surface area (Å²) in [4.78, 5) is 24.9. The second kappa shape index (κ2) is 22.6. The highest BCUT2D eigenvalue weighted by Gasteiger charge is 2.24. The van der Waals surface area contributed by atoms with Crippen molar-refractivity contribution in [2.24, 2.45) is 17.4 Å². The van der Waals surface area contributed by atoms with Gasteiger partial charge < -0.3 is 22.1 Å². The Hall–Kier alpha value is -1.14. The fraction of sp³-hybridized carbons (Fsp3) is 0.926. The molecule has 0 radical (unpaired) electrons. The normalized spacial score (nSPS) is 13.2. The predicted molar refractivity (Wildman–Crippen MR) is 141 cm³/mol. The molecule has 0 saturated carbocycles. The lowest BCUT2D eigenvalue weighted by molar-refractivity contribution is -0.130. The van der Waals surface area contributed by atoms with Crippen molar-refractivity contribution in [1.82, 2.24) is 10.6 Å². The van der Waals surface area contributed by atoms with E-state index in [-0.39, 0.29) is 17.7 Å². The minimum absolute atomic E-state index is 0.0355. The molecule has 6 heteroatoms. The molecule has 0 aromatic rings. The van der Waals surface area contributed by atoms with Gasteiger partial charge >= 0.3 is 0 Å². The SMILES string of the molecule is CCCCCCCCCCCCCCCCNC(=O)C(CCCCN)NC(=O)C(N)C(C)C. The Kier molecular flexibility index (Phi) is 21.9. The summed E-state index contributed by atoms with van der Waals surface area (Å²) in [7, 11) is 0. The van der Waals surface area contributed by atoms with Crippen LogP contribution in [0.1, 0.15) is 130 Å². The number of rotatable bonds is 23. The Bertz CT molecular complexity index is 471. The summed E-state index contributed by atoms with van der Waals surface area (Å²) >= 11 is 0. The summed E-state index contributed by atoms with van der Waals surface area (Å²) in [5.41, 5.74) is 11.5. The fourth-order valence-electron chi connectivity index (χ4n) is 3.99. The number of carbonyl (C=O) groups is 2. The Morgan fingerprint density at radius 3 is 1.64 bits per heavy atom. The number of nitrogens with two attached hydrogens (primary N) is 2. The van der Waals surface area contributed by atoms with Gasteiger partial charge in [0.25, 0.3) is 0 Å². The highest BCUT2D eigenvalue weighted by atomic mass is 16.2. The molecule has 0 aliphatic carbocycles. The van der Waals surface area contributed by atoms with E-state index in [2.05, 4.69) is 17.6 Å². The average molecular weight is 469 g/mol. The lowest BCUT2D eigenvalue weighted by atomic mass is 10.0. The molecule has 6 nitrogen and oxygen atoms in total. The van der Waals surface area contributed by atoms with Crippen molar-refractivity contribution >= 4 is 11.8 Å². The molecule has 0 rings (SSSR count). The van der Waals surface area contributed by atoms with Crippen LogP contribution in [0.4, 0.5) is 0 Å². The molecule has 0 heterocycles. The molecular weight excluding hydrogens is 412 g/mol. The van der Waals surface area contributed by atoms with Gasteiger partial charge in [-0.05, 0) is 38.1 Å². The van der Waals surface area contributed by atoms with Crippen LogP contribution in [-0.2, 0) is 9.59 Å². The number of unbranched alkanes of at least 4 members (excludes halogenated alkanes) is 14. The minimum Gasteiger partial charge on any atom is -0.354 e. The molecule has 0 aliphatic rings. The minimum atomic E-state index is -0.597. The first-order chi connectivity index (χ1) is 15.9. The van der Waals surface area contributed by atoms with Crippen molar-refractivity contribution in [3.05, 3.63) is 0 Å². The highest BCUT2D eigenvalue weighted by Crippen LogP contribution is 2.13. The molecule has 6 N–H and O–H groups in total. The van der Waals surface area contributed by atoms with E-state index in [0.717, 1.165) is 25.7 Å². The standard InChI is InChI=1S/C27H56N4O2/c1-4-5-6-7-8-9-10-11-12-13-14-15-16-19-22-30-26(32)24(20-17-18-21-28)31-27(33)25(29)23(2)3/h23-25H,4-22,28-29H2,1-3H3,(H,30,32)(H,31,33). The summed E-state index contributed by atoms with van der Waals surface area (Å²) in [6, 6.07) is -1.12. The molecule has 0 aromatic carbocycles. The van der Waals surface area contributed by atoms with Gasteiger partial charge in [-0.3, -0.25) is 9.59 Å². The van der Waals surface area contributed by atoms with E-state index in [0.29, 0.717) is 19.5 Å². The zero-order valence-electron chi connectivity index (χ0n) is 22.1. The molecule has 0 spiro atoms. The van der Waals surface area contributed by atoms with Crippen molar-refractivity contribution in [1.29, 1.82) is 0 Å². The Morgan fingerprint density at radius 1 is 0.697 bits per heavy atom. The van der Waals surface area contributed by atoms with E-state index in [1.54, 1.807) is 0 Å². The van der Waals surface area contributed by atoms with E-state index >= 15 is 0 Å². The number of carbonyl (C=O) groups excluding carboxylic acids is 2. The van der Waals surface area contributed by atoms with Crippen molar-refractivity contribution < 1.29 is 9.59 Å². The molecular formula is C27H56N4O2. The molecule has 2 atom stereocenters. The van der Waals surface area contributed by atoms with Crippen LogP contribution in [0.15, 0.2) is 0 Å². The quantitative estimate of drug-likeness (QED) is 0.155. The van der Waals surface area contributed by atoms with Gasteiger partial charge in [0.2, 0.25) is 11.8 Å². The molecule has 0 bridgehead atoms. The zero-order valence-corrected chi connectivity index (χ0v) is 22.1. The van der Waals surface area contributed by atoms with Crippen molar-refractivity contribution in [2.75, 3.05) is 13.1 Å². The summed E-state index contributed by atoms with van der Waals surface area (Å²) < 4.78 is 0. The third kappa shape index (κ3) is 18.9. The van der Waals surface area contributed by atoms with Crippen molar-refractivity contribution in [3.63, 3.8) is 0 Å². The summed E-state index contributed by atoms with van der Waals surface area (Å²) in [6.07, 6.45) is 20.7. The third-order valence-electron chi connectivity index (χ3n) is 6.43. The fourth-order valence-corrected chi connectivity index (χ4v) is 3.99. The van der Waals surface area contributed by atoms with E-state index in [1.165, 1.54) is 77.0 Å². The number of hydrogen-bond acceptors (Lipinski definition) is 4. The number of nitrogens with one attached hydrogen (secondary N) is 2. The molecule has 196 valence electrons. The summed E-state index contributed by atoms with van der Waals surface area (Å²) in [6.45, 7) is 7.33. The van der Waals surface area contributed by atoms with Gasteiger partial charge in [0.15, 0.2) is 0 Å². The summed E-state index contributed by atoms with van der Waals surface area (Å²) in [5.74, 6) is -0.325. The van der Waals surface area contributed by atoms with Crippen molar-refractivity contribution in [2.45, 2.75) is 142 Å². The number of hydrogen-bond donors (Lipinski definition) is 4. The lowest BCUT2D eigenvalue weighted by Gasteiger charge is -2.22. The maximum Gasteiger partial charge on any atom is 0.242 e. The van der Waals surface area contributed by atoms with Gasteiger partial charge in [-0.25, -0.2) is 0 Å². The Morgan fingerprint density at radius 2 is 1.18 bits per heavy atom. The van der Waals surface area contributed by atoms with Gasteiger partial charge in [0, 0.05) is 6.54 Å². The van der Waals surface area contributed by atoms with Crippen LogP contribution >= 0.6 is 0 Å². The van der Waals surface area contributed by atoms with E-state index in [4.69, 9.17) is 11.5 Å². The van der Waals surface area contributed by atoms with Gasteiger partial charge in [0.1, 0.15) is 6.04 Å². The van der Waals surface area contributed by atoms with Gasteiger partial charge in [-0.15, -0.1) is 0 Å². The van der Waals surface area contributed by atoms with Crippen LogP contribution in [0.2, 0.25) is 0 Å². The van der Waals surface area contributed by atoms with Crippen LogP contribution in [0.3, 0.4) is 0 Å². The van der Waals surface area contributed by atoms with E-state index in [9.17, 15) is 9.59 Å². The molecule has 0 aromatic heterocycles. The topological polar surface area (TPSA) is 110 Å². The maximum atomic E-state index is 12.6. The molecule has 0 fully saturated rings. The average Bonchev–Trinajstić information content (AvgIpc) is 2.80. The first-order valence-corrected chi connectivity index (χ1v) is 14.0. The smallest absolute Gasteiger partial charge is 0.242 e. The van der Waals surface area contributed by atoms with Gasteiger partial charge in [-0.1, -0.05) is 104 Å². The van der Waals surface area contributed by atoms with Crippen LogP contribution in [-0.4, -0.2) is 37.0 Å². The van der Waals surface area contributed by atoms with E-state index < -0.39 is 12.1 Å². The van der Waals surface area contributed by atoms with Crippen LogP contribution in [0, 0.1) is 5.92 Å². The lowest BCUT2D eigenvalue weighted by Crippen LogP contribution is -2.53. The number of amides is 2. The highest BCUT2D eigenvalue weighted by molar-refractivity contribution is 5.89. The zero-order chi connectivity index (χ0) is 24.7. The van der Waals surface area contributed by atoms with Crippen LogP contribution in [0.25, 0.3) is 0 Å². The molecule has 33 heavy (non-hydrogen) atoms. The molecule has 0 aliphatic heterocycles. The monoisotopic (exact) mass is 468 g/mol. The van der Waals surface area contributed by atoms with Crippen LogP contribution < -0.4 is 22.1 Å². The van der Waals surface area contributed by atoms with Gasteiger partial charge in [0.05, 0.1) is 6.04 Å². The molecule has 0 saturated heterocycles. The second-order valence-electron chi connectivity index (χ2n) is 10.0. The molecule has 2 unspecified atom stereocenters. The maximum absolute atomic E-state index is 12.6. The molecule has 2 amide bonds. The second-order valence-corrected chi connectivity index (χ2v) is 10.0. The first-order valence-electron chi connectivity index (χ1n) is 14.0. The van der Waals surface area contributed by atoms with Crippen LogP contribution in [0.5, 0.6) is 0 Å². The van der Waals surface area contributed by atoms with Crippen molar-refractivity contribution in [3.8, 4) is 0 Å². The van der Waals surface area contributed by atoms with Gasteiger partial charge in [-0.2, -0.15) is 0 Å².